The molecule has 9 heteroatoms. The lowest BCUT2D eigenvalue weighted by Crippen LogP contribution is -2.51. The van der Waals surface area contributed by atoms with E-state index in [2.05, 4.69) is 10.6 Å². The van der Waals surface area contributed by atoms with Crippen molar-refractivity contribution in [3.63, 3.8) is 0 Å². The van der Waals surface area contributed by atoms with E-state index in [1.807, 2.05) is 42.2 Å². The largest absolute Gasteiger partial charge is 0.355 e. The van der Waals surface area contributed by atoms with Gasteiger partial charge in [-0.15, -0.1) is 0 Å². The lowest BCUT2D eigenvalue weighted by atomic mass is 10.2. The van der Waals surface area contributed by atoms with E-state index in [4.69, 9.17) is 0 Å². The molecule has 148 valence electrons. The number of rotatable bonds is 8. The fraction of sp³-hybridized carbons (Fsp3) is 0.444. The number of sulfonamides is 1. The molecule has 0 bridgehead atoms. The van der Waals surface area contributed by atoms with Gasteiger partial charge in [0, 0.05) is 38.1 Å². The fourth-order valence-corrected chi connectivity index (χ4v) is 3.83. The molecule has 2 N–H and O–H groups in total. The van der Waals surface area contributed by atoms with Gasteiger partial charge in [-0.3, -0.25) is 14.5 Å². The van der Waals surface area contributed by atoms with Crippen molar-refractivity contribution in [2.24, 2.45) is 0 Å². The second-order valence-electron chi connectivity index (χ2n) is 6.16. The van der Waals surface area contributed by atoms with Gasteiger partial charge in [0.15, 0.2) is 0 Å². The Morgan fingerprint density at radius 1 is 1.04 bits per heavy atom. The molecule has 1 aliphatic rings. The SMILES string of the molecule is CCNC(=O)CNC(=O)CN1CCN(S(=O)(=O)/C=C/c2ccccc2)CC1. The molecular formula is C18H26N4O4S. The van der Waals surface area contributed by atoms with Crippen LogP contribution < -0.4 is 10.6 Å². The van der Waals surface area contributed by atoms with E-state index >= 15 is 0 Å². The normalized spacial score (nSPS) is 16.3. The van der Waals surface area contributed by atoms with Gasteiger partial charge in [-0.05, 0) is 18.6 Å². The quantitative estimate of drug-likeness (QED) is 0.639. The highest BCUT2D eigenvalue weighted by atomic mass is 32.2. The van der Waals surface area contributed by atoms with Crippen LogP contribution in [0.4, 0.5) is 0 Å². The number of nitrogens with one attached hydrogen (secondary N) is 2. The fourth-order valence-electron chi connectivity index (χ4n) is 2.65. The Bertz CT molecular complexity index is 757. The predicted molar refractivity (Wildman–Crippen MR) is 104 cm³/mol. The van der Waals surface area contributed by atoms with Crippen LogP contribution in [0.2, 0.25) is 0 Å². The van der Waals surface area contributed by atoms with E-state index in [9.17, 15) is 18.0 Å². The summed E-state index contributed by atoms with van der Waals surface area (Å²) in [5.41, 5.74) is 0.823. The van der Waals surface area contributed by atoms with Crippen LogP contribution in [0.3, 0.4) is 0 Å². The third-order valence-corrected chi connectivity index (χ3v) is 5.68. The van der Waals surface area contributed by atoms with Crippen LogP contribution in [0.5, 0.6) is 0 Å². The van der Waals surface area contributed by atoms with Gasteiger partial charge >= 0.3 is 0 Å². The Morgan fingerprint density at radius 3 is 2.33 bits per heavy atom. The second-order valence-corrected chi connectivity index (χ2v) is 7.98. The maximum absolute atomic E-state index is 12.4. The molecule has 2 rings (SSSR count). The minimum Gasteiger partial charge on any atom is -0.355 e. The lowest BCUT2D eigenvalue weighted by molar-refractivity contribution is -0.126. The minimum atomic E-state index is -3.49. The number of hydrogen-bond acceptors (Lipinski definition) is 5. The van der Waals surface area contributed by atoms with Gasteiger partial charge in [0.1, 0.15) is 0 Å². The Labute approximate surface area is 160 Å². The first-order valence-electron chi connectivity index (χ1n) is 8.90. The number of piperazine rings is 1. The molecule has 0 radical (unpaired) electrons. The van der Waals surface area contributed by atoms with Crippen molar-refractivity contribution >= 4 is 27.9 Å². The number of carbonyl (C=O) groups excluding carboxylic acids is 2. The summed E-state index contributed by atoms with van der Waals surface area (Å²) in [5.74, 6) is -0.478. The van der Waals surface area contributed by atoms with Crippen molar-refractivity contribution in [2.45, 2.75) is 6.92 Å². The number of likely N-dealkylation sites (N-methyl/N-ethyl adjacent to an activating group) is 1. The average Bonchev–Trinajstić information content (AvgIpc) is 2.66. The van der Waals surface area contributed by atoms with Crippen LogP contribution in [0.1, 0.15) is 12.5 Å². The van der Waals surface area contributed by atoms with Crippen molar-refractivity contribution in [1.29, 1.82) is 0 Å². The standard InChI is InChI=1S/C18H26N4O4S/c1-2-19-17(23)14-20-18(24)15-21-9-11-22(12-10-21)27(25,26)13-8-16-6-4-3-5-7-16/h3-8,13H,2,9-12,14-15H2,1H3,(H,19,23)(H,20,24)/b13-8+. The second kappa shape index (κ2) is 10.2. The third-order valence-electron chi connectivity index (χ3n) is 4.11. The predicted octanol–water partition coefficient (Wildman–Crippen LogP) is -0.143. The van der Waals surface area contributed by atoms with E-state index in [0.29, 0.717) is 32.7 Å². The molecule has 1 aromatic rings. The van der Waals surface area contributed by atoms with Gasteiger partial charge in [-0.1, -0.05) is 30.3 Å². The topological polar surface area (TPSA) is 98.8 Å². The Hall–Kier alpha value is -2.23. The van der Waals surface area contributed by atoms with Gasteiger partial charge in [-0.25, -0.2) is 8.42 Å². The zero-order chi connectivity index (χ0) is 19.7. The Kier molecular flexibility index (Phi) is 7.96. The molecule has 2 amide bonds. The van der Waals surface area contributed by atoms with E-state index in [0.717, 1.165) is 5.56 Å². The summed E-state index contributed by atoms with van der Waals surface area (Å²) in [4.78, 5) is 25.1. The summed E-state index contributed by atoms with van der Waals surface area (Å²) in [6.07, 6.45) is 1.58. The molecule has 0 unspecified atom stereocenters. The van der Waals surface area contributed by atoms with E-state index in [1.165, 1.54) is 9.71 Å². The zero-order valence-corrected chi connectivity index (χ0v) is 16.2. The van der Waals surface area contributed by atoms with E-state index in [1.54, 1.807) is 6.08 Å². The van der Waals surface area contributed by atoms with Crippen LogP contribution in [0.25, 0.3) is 6.08 Å². The molecule has 1 aliphatic heterocycles. The Morgan fingerprint density at radius 2 is 1.70 bits per heavy atom. The molecule has 0 atom stereocenters. The zero-order valence-electron chi connectivity index (χ0n) is 15.4. The first kappa shape index (κ1) is 21.1. The average molecular weight is 394 g/mol. The van der Waals surface area contributed by atoms with Crippen LogP contribution in [-0.4, -0.2) is 75.3 Å². The molecule has 27 heavy (non-hydrogen) atoms. The molecule has 8 nitrogen and oxygen atoms in total. The van der Waals surface area contributed by atoms with Gasteiger partial charge in [0.25, 0.3) is 0 Å². The molecule has 0 aromatic heterocycles. The molecule has 1 aromatic carbocycles. The summed E-state index contributed by atoms with van der Waals surface area (Å²) < 4.78 is 26.3. The van der Waals surface area contributed by atoms with E-state index in [-0.39, 0.29) is 24.9 Å². The van der Waals surface area contributed by atoms with E-state index < -0.39 is 10.0 Å². The number of hydrogen-bond donors (Lipinski definition) is 2. The van der Waals surface area contributed by atoms with Crippen LogP contribution in [0.15, 0.2) is 35.7 Å². The number of carbonyl (C=O) groups is 2. The number of benzene rings is 1. The van der Waals surface area contributed by atoms with Crippen molar-refractivity contribution in [1.82, 2.24) is 19.8 Å². The van der Waals surface area contributed by atoms with Crippen molar-refractivity contribution in [3.8, 4) is 0 Å². The van der Waals surface area contributed by atoms with Crippen molar-refractivity contribution in [2.75, 3.05) is 45.8 Å². The number of amides is 2. The summed E-state index contributed by atoms with van der Waals surface area (Å²) in [7, 11) is -3.49. The summed E-state index contributed by atoms with van der Waals surface area (Å²) in [5, 5.41) is 6.38. The summed E-state index contributed by atoms with van der Waals surface area (Å²) >= 11 is 0. The molecule has 0 saturated carbocycles. The van der Waals surface area contributed by atoms with Gasteiger partial charge < -0.3 is 10.6 Å². The van der Waals surface area contributed by atoms with Crippen molar-refractivity contribution in [3.05, 3.63) is 41.3 Å². The molecule has 1 fully saturated rings. The van der Waals surface area contributed by atoms with Gasteiger partial charge in [0.05, 0.1) is 13.1 Å². The molecule has 0 aliphatic carbocycles. The first-order chi connectivity index (χ1) is 12.9. The van der Waals surface area contributed by atoms with Crippen LogP contribution in [0, 0.1) is 0 Å². The monoisotopic (exact) mass is 394 g/mol. The maximum Gasteiger partial charge on any atom is 0.239 e. The summed E-state index contributed by atoms with van der Waals surface area (Å²) in [6.45, 7) is 4.00. The summed E-state index contributed by atoms with van der Waals surface area (Å²) in [6, 6.07) is 9.24. The highest BCUT2D eigenvalue weighted by Crippen LogP contribution is 2.11. The smallest absolute Gasteiger partial charge is 0.239 e. The molecule has 1 heterocycles. The highest BCUT2D eigenvalue weighted by Gasteiger charge is 2.25. The highest BCUT2D eigenvalue weighted by molar-refractivity contribution is 7.92. The Balaban J connectivity index is 1.78. The lowest BCUT2D eigenvalue weighted by Gasteiger charge is -2.32. The number of nitrogens with zero attached hydrogens (tertiary/aromatic N) is 2. The maximum atomic E-state index is 12.4. The molecular weight excluding hydrogens is 368 g/mol. The van der Waals surface area contributed by atoms with Crippen LogP contribution in [-0.2, 0) is 19.6 Å². The minimum absolute atomic E-state index is 0.0503. The first-order valence-corrected chi connectivity index (χ1v) is 10.4. The van der Waals surface area contributed by atoms with Crippen molar-refractivity contribution < 1.29 is 18.0 Å². The molecule has 0 spiro atoms. The van der Waals surface area contributed by atoms with Gasteiger partial charge in [0.2, 0.25) is 21.8 Å². The third kappa shape index (κ3) is 7.12. The van der Waals surface area contributed by atoms with Gasteiger partial charge in [-0.2, -0.15) is 4.31 Å². The molecule has 1 saturated heterocycles. The van der Waals surface area contributed by atoms with Crippen LogP contribution >= 0.6 is 0 Å².